The minimum atomic E-state index is -1.06. The van der Waals surface area contributed by atoms with E-state index in [0.29, 0.717) is 18.1 Å². The van der Waals surface area contributed by atoms with Crippen molar-refractivity contribution in [1.29, 1.82) is 0 Å². The molecule has 0 saturated carbocycles. The molecule has 2 aromatic rings. The first kappa shape index (κ1) is 10.3. The van der Waals surface area contributed by atoms with Crippen LogP contribution in [-0.2, 0) is 6.54 Å². The molecule has 0 aliphatic carbocycles. The molecule has 0 atom stereocenters. The van der Waals surface area contributed by atoms with E-state index < -0.39 is 5.97 Å². The largest absolute Gasteiger partial charge is 0.477 e. The molecule has 0 spiro atoms. The number of carboxylic acids is 1. The molecule has 0 aliphatic rings. The highest BCUT2D eigenvalue weighted by atomic mass is 16.4. The van der Waals surface area contributed by atoms with Gasteiger partial charge in [-0.3, -0.25) is 0 Å². The van der Waals surface area contributed by atoms with E-state index >= 15 is 0 Å². The molecule has 0 bridgehead atoms. The van der Waals surface area contributed by atoms with Gasteiger partial charge in [-0.15, -0.1) is 10.2 Å². The van der Waals surface area contributed by atoms with Crippen LogP contribution in [0.3, 0.4) is 0 Å². The minimum absolute atomic E-state index is 0.0297. The lowest BCUT2D eigenvalue weighted by atomic mass is 10.3. The Morgan fingerprint density at radius 2 is 2.31 bits per heavy atom. The number of aromatic carboxylic acids is 1. The van der Waals surface area contributed by atoms with Crippen LogP contribution < -0.4 is 0 Å². The summed E-state index contributed by atoms with van der Waals surface area (Å²) in [6.07, 6.45) is 1.34. The summed E-state index contributed by atoms with van der Waals surface area (Å²) >= 11 is 0. The van der Waals surface area contributed by atoms with Crippen LogP contribution in [0, 0.1) is 6.92 Å². The van der Waals surface area contributed by atoms with E-state index in [1.807, 2.05) is 18.4 Å². The zero-order chi connectivity index (χ0) is 11.7. The molecule has 0 unspecified atom stereocenters. The Morgan fingerprint density at radius 1 is 1.56 bits per heavy atom. The van der Waals surface area contributed by atoms with Crippen molar-refractivity contribution in [3.8, 4) is 11.5 Å². The number of carboxylic acid groups (broad SMARTS) is 1. The van der Waals surface area contributed by atoms with E-state index in [4.69, 9.17) is 5.11 Å². The average Bonchev–Trinajstić information content (AvgIpc) is 2.82. The molecule has 84 valence electrons. The van der Waals surface area contributed by atoms with Gasteiger partial charge in [-0.2, -0.15) is 0 Å². The number of hydrogen-bond donors (Lipinski definition) is 2. The number of hydrogen-bond acceptors (Lipinski definition) is 4. The van der Waals surface area contributed by atoms with Crippen LogP contribution in [-0.4, -0.2) is 35.8 Å². The normalized spacial score (nSPS) is 10.6. The van der Waals surface area contributed by atoms with Crippen LogP contribution in [0.4, 0.5) is 0 Å². The fourth-order valence-corrected chi connectivity index (χ4v) is 1.56. The quantitative estimate of drug-likeness (QED) is 0.794. The number of nitrogens with one attached hydrogen (secondary N) is 1. The summed E-state index contributed by atoms with van der Waals surface area (Å²) in [6.45, 7) is 4.42. The van der Waals surface area contributed by atoms with Crippen LogP contribution >= 0.6 is 0 Å². The summed E-state index contributed by atoms with van der Waals surface area (Å²) in [5, 5.41) is 16.8. The van der Waals surface area contributed by atoms with Crippen LogP contribution in [0.1, 0.15) is 23.2 Å². The Balaban J connectivity index is 2.58. The summed E-state index contributed by atoms with van der Waals surface area (Å²) in [5.74, 6) is 0.145. The number of rotatable bonds is 3. The number of nitrogens with zero attached hydrogens (tertiary/aromatic N) is 4. The first-order valence-electron chi connectivity index (χ1n) is 4.82. The van der Waals surface area contributed by atoms with Gasteiger partial charge in [0.05, 0.1) is 6.33 Å². The second-order valence-corrected chi connectivity index (χ2v) is 3.25. The van der Waals surface area contributed by atoms with Gasteiger partial charge in [-0.05, 0) is 13.8 Å². The Morgan fingerprint density at radius 3 is 2.94 bits per heavy atom. The lowest BCUT2D eigenvalue weighted by Crippen LogP contribution is -2.05. The van der Waals surface area contributed by atoms with Gasteiger partial charge in [0.2, 0.25) is 0 Å². The fourth-order valence-electron chi connectivity index (χ4n) is 1.56. The highest BCUT2D eigenvalue weighted by molar-refractivity contribution is 5.91. The second-order valence-electron chi connectivity index (χ2n) is 3.25. The van der Waals surface area contributed by atoms with Crippen molar-refractivity contribution < 1.29 is 9.90 Å². The van der Waals surface area contributed by atoms with E-state index in [1.54, 1.807) is 0 Å². The monoisotopic (exact) mass is 221 g/mol. The zero-order valence-electron chi connectivity index (χ0n) is 8.93. The topological polar surface area (TPSA) is 96.7 Å². The first-order chi connectivity index (χ1) is 7.65. The van der Waals surface area contributed by atoms with Gasteiger partial charge >= 0.3 is 5.97 Å². The summed E-state index contributed by atoms with van der Waals surface area (Å²) in [7, 11) is 0. The van der Waals surface area contributed by atoms with E-state index in [2.05, 4.69) is 20.2 Å². The zero-order valence-corrected chi connectivity index (χ0v) is 8.93. The van der Waals surface area contributed by atoms with Gasteiger partial charge in [0.1, 0.15) is 11.5 Å². The molecule has 0 radical (unpaired) electrons. The smallest absolute Gasteiger partial charge is 0.354 e. The maximum atomic E-state index is 10.9. The number of aromatic amines is 1. The minimum Gasteiger partial charge on any atom is -0.477 e. The number of carbonyl (C=O) groups is 1. The molecule has 0 amide bonds. The van der Waals surface area contributed by atoms with Crippen LogP contribution in [0.2, 0.25) is 0 Å². The van der Waals surface area contributed by atoms with E-state index in [9.17, 15) is 4.79 Å². The number of imidazole rings is 1. The van der Waals surface area contributed by atoms with Gasteiger partial charge in [-0.25, -0.2) is 9.78 Å². The Kier molecular flexibility index (Phi) is 2.43. The third-order valence-electron chi connectivity index (χ3n) is 2.32. The Labute approximate surface area is 91.2 Å². The molecule has 0 fully saturated rings. The van der Waals surface area contributed by atoms with Crippen molar-refractivity contribution in [1.82, 2.24) is 24.7 Å². The van der Waals surface area contributed by atoms with E-state index in [1.165, 1.54) is 6.33 Å². The SMILES string of the molecule is CCn1c(C)nnc1-c1nc[nH]c1C(=O)O. The van der Waals surface area contributed by atoms with Crippen LogP contribution in [0.15, 0.2) is 6.33 Å². The highest BCUT2D eigenvalue weighted by Gasteiger charge is 2.20. The van der Waals surface area contributed by atoms with Gasteiger partial charge in [-0.1, -0.05) is 0 Å². The summed E-state index contributed by atoms with van der Waals surface area (Å²) < 4.78 is 1.81. The van der Waals surface area contributed by atoms with Gasteiger partial charge in [0.25, 0.3) is 0 Å². The third kappa shape index (κ3) is 1.46. The van der Waals surface area contributed by atoms with E-state index in [-0.39, 0.29) is 5.69 Å². The molecule has 0 aromatic carbocycles. The third-order valence-corrected chi connectivity index (χ3v) is 2.32. The van der Waals surface area contributed by atoms with Crippen molar-refractivity contribution in [3.05, 3.63) is 17.8 Å². The molecular weight excluding hydrogens is 210 g/mol. The molecule has 2 N–H and O–H groups in total. The number of aromatic nitrogens is 5. The van der Waals surface area contributed by atoms with Gasteiger partial charge in [0, 0.05) is 6.54 Å². The van der Waals surface area contributed by atoms with Crippen molar-refractivity contribution in [2.45, 2.75) is 20.4 Å². The second kappa shape index (κ2) is 3.76. The van der Waals surface area contributed by atoms with Crippen LogP contribution in [0.25, 0.3) is 11.5 Å². The predicted molar refractivity (Wildman–Crippen MR) is 55.0 cm³/mol. The van der Waals surface area contributed by atoms with Crippen molar-refractivity contribution in [3.63, 3.8) is 0 Å². The van der Waals surface area contributed by atoms with Crippen molar-refractivity contribution in [2.24, 2.45) is 0 Å². The highest BCUT2D eigenvalue weighted by Crippen LogP contribution is 2.19. The van der Waals surface area contributed by atoms with Gasteiger partial charge in [0.15, 0.2) is 11.5 Å². The number of H-pyrrole nitrogens is 1. The Bertz CT molecular complexity index is 528. The molecule has 2 rings (SSSR count). The fraction of sp³-hybridized carbons (Fsp3) is 0.333. The average molecular weight is 221 g/mol. The molecule has 2 heterocycles. The summed E-state index contributed by atoms with van der Waals surface area (Å²) in [4.78, 5) is 17.5. The maximum absolute atomic E-state index is 10.9. The lowest BCUT2D eigenvalue weighted by Gasteiger charge is -2.03. The first-order valence-corrected chi connectivity index (χ1v) is 4.82. The number of aryl methyl sites for hydroxylation is 1. The molecular formula is C9H11N5O2. The molecule has 2 aromatic heterocycles. The summed E-state index contributed by atoms with van der Waals surface area (Å²) in [6, 6.07) is 0. The van der Waals surface area contributed by atoms with Crippen molar-refractivity contribution >= 4 is 5.97 Å². The van der Waals surface area contributed by atoms with Crippen LogP contribution in [0.5, 0.6) is 0 Å². The molecule has 7 heteroatoms. The molecule has 7 nitrogen and oxygen atoms in total. The molecule has 0 saturated heterocycles. The molecule has 0 aliphatic heterocycles. The van der Waals surface area contributed by atoms with Gasteiger partial charge < -0.3 is 14.7 Å². The Hall–Kier alpha value is -2.18. The summed E-state index contributed by atoms with van der Waals surface area (Å²) in [5.41, 5.74) is 0.344. The molecule has 16 heavy (non-hydrogen) atoms. The maximum Gasteiger partial charge on any atom is 0.354 e. The lowest BCUT2D eigenvalue weighted by molar-refractivity contribution is 0.0692. The standard InChI is InChI=1S/C9H11N5O2/c1-3-14-5(2)12-13-8(14)6-7(9(15)16)11-4-10-6/h4H,3H2,1-2H3,(H,10,11)(H,15,16). The van der Waals surface area contributed by atoms with E-state index in [0.717, 1.165) is 5.82 Å². The van der Waals surface area contributed by atoms with Crippen molar-refractivity contribution in [2.75, 3.05) is 0 Å². The predicted octanol–water partition coefficient (Wildman–Crippen LogP) is 0.695.